The molecule has 0 spiro atoms. The Kier molecular flexibility index (Phi) is 7.19. The van der Waals surface area contributed by atoms with Gasteiger partial charge in [-0.05, 0) is 67.6 Å². The van der Waals surface area contributed by atoms with E-state index < -0.39 is 6.10 Å². The van der Waals surface area contributed by atoms with E-state index in [1.807, 2.05) is 18.2 Å². The van der Waals surface area contributed by atoms with Crippen LogP contribution < -0.4 is 14.8 Å². The van der Waals surface area contributed by atoms with E-state index in [0.717, 1.165) is 0 Å². The third-order valence-corrected chi connectivity index (χ3v) is 4.29. The van der Waals surface area contributed by atoms with E-state index in [4.69, 9.17) is 9.47 Å². The van der Waals surface area contributed by atoms with Crippen LogP contribution >= 0.6 is 0 Å². The minimum Gasteiger partial charge on any atom is -0.491 e. The van der Waals surface area contributed by atoms with Crippen molar-refractivity contribution in [2.75, 3.05) is 18.5 Å². The summed E-state index contributed by atoms with van der Waals surface area (Å²) in [5.74, 6) is 0.934. The number of carbonyl (C=O) groups excluding carboxylic acids is 2. The lowest BCUT2D eigenvalue weighted by molar-refractivity contribution is 0.0626. The molecule has 3 rings (SSSR count). The Morgan fingerprint density at radius 1 is 0.800 bits per heavy atom. The number of anilines is 1. The SMILES string of the molecule is CC(=O)c1ccc(OCC(O)COc2ccc(NC(=O)c3ccccc3)cc2)cc1. The van der Waals surface area contributed by atoms with Crippen molar-refractivity contribution < 1.29 is 24.2 Å². The Labute approximate surface area is 175 Å². The molecule has 0 aliphatic heterocycles. The summed E-state index contributed by atoms with van der Waals surface area (Å²) in [6, 6.07) is 22.6. The molecule has 0 heterocycles. The molecule has 0 radical (unpaired) electrons. The molecule has 0 aliphatic rings. The zero-order chi connectivity index (χ0) is 21.3. The number of benzene rings is 3. The Hall–Kier alpha value is -3.64. The summed E-state index contributed by atoms with van der Waals surface area (Å²) in [5.41, 5.74) is 1.83. The molecule has 1 amide bonds. The maximum atomic E-state index is 12.1. The Morgan fingerprint density at radius 3 is 1.87 bits per heavy atom. The van der Waals surface area contributed by atoms with Crippen molar-refractivity contribution in [3.63, 3.8) is 0 Å². The molecule has 0 aromatic heterocycles. The largest absolute Gasteiger partial charge is 0.491 e. The van der Waals surface area contributed by atoms with Crippen molar-refractivity contribution in [2.24, 2.45) is 0 Å². The summed E-state index contributed by atoms with van der Waals surface area (Å²) in [4.78, 5) is 23.4. The number of hydrogen-bond acceptors (Lipinski definition) is 5. The van der Waals surface area contributed by atoms with Gasteiger partial charge in [0.25, 0.3) is 5.91 Å². The molecule has 0 bridgehead atoms. The Bertz CT molecular complexity index is 969. The van der Waals surface area contributed by atoms with E-state index in [-0.39, 0.29) is 24.9 Å². The fourth-order valence-corrected chi connectivity index (χ4v) is 2.65. The van der Waals surface area contributed by atoms with Gasteiger partial charge in [0.2, 0.25) is 0 Å². The number of ether oxygens (including phenoxy) is 2. The van der Waals surface area contributed by atoms with E-state index in [9.17, 15) is 14.7 Å². The summed E-state index contributed by atoms with van der Waals surface area (Å²) in [5, 5.41) is 12.9. The number of carbonyl (C=O) groups is 2. The quantitative estimate of drug-likeness (QED) is 0.527. The highest BCUT2D eigenvalue weighted by Gasteiger charge is 2.09. The first-order valence-corrected chi connectivity index (χ1v) is 9.52. The molecule has 0 aliphatic carbocycles. The molecule has 2 N–H and O–H groups in total. The van der Waals surface area contributed by atoms with Crippen LogP contribution in [-0.2, 0) is 0 Å². The molecule has 0 saturated heterocycles. The monoisotopic (exact) mass is 405 g/mol. The third-order valence-electron chi connectivity index (χ3n) is 4.29. The lowest BCUT2D eigenvalue weighted by Crippen LogP contribution is -2.25. The second-order valence-electron chi connectivity index (χ2n) is 6.70. The highest BCUT2D eigenvalue weighted by Crippen LogP contribution is 2.17. The van der Waals surface area contributed by atoms with Gasteiger partial charge in [0.05, 0.1) is 0 Å². The maximum Gasteiger partial charge on any atom is 0.255 e. The number of Topliss-reactive ketones (excluding diaryl/α,β-unsaturated/α-hetero) is 1. The number of amides is 1. The van der Waals surface area contributed by atoms with E-state index in [1.54, 1.807) is 60.7 Å². The molecular weight excluding hydrogens is 382 g/mol. The van der Waals surface area contributed by atoms with Gasteiger partial charge in [0.15, 0.2) is 5.78 Å². The number of aliphatic hydroxyl groups is 1. The zero-order valence-corrected chi connectivity index (χ0v) is 16.6. The van der Waals surface area contributed by atoms with E-state index in [2.05, 4.69) is 5.32 Å². The zero-order valence-electron chi connectivity index (χ0n) is 16.6. The molecule has 6 heteroatoms. The number of ketones is 1. The first-order valence-electron chi connectivity index (χ1n) is 9.52. The van der Waals surface area contributed by atoms with Crippen LogP contribution in [0, 0.1) is 0 Å². The molecule has 1 unspecified atom stereocenters. The van der Waals surface area contributed by atoms with E-state index in [0.29, 0.717) is 28.3 Å². The first kappa shape index (κ1) is 21.1. The summed E-state index contributed by atoms with van der Waals surface area (Å²) in [6.07, 6.45) is -0.824. The van der Waals surface area contributed by atoms with Crippen molar-refractivity contribution in [1.82, 2.24) is 0 Å². The first-order chi connectivity index (χ1) is 14.5. The fraction of sp³-hybridized carbons (Fsp3) is 0.167. The Morgan fingerprint density at radius 2 is 1.33 bits per heavy atom. The van der Waals surface area contributed by atoms with Crippen molar-refractivity contribution >= 4 is 17.4 Å². The molecule has 154 valence electrons. The molecule has 3 aromatic carbocycles. The van der Waals surface area contributed by atoms with Gasteiger partial charge in [-0.3, -0.25) is 9.59 Å². The molecule has 30 heavy (non-hydrogen) atoms. The van der Waals surface area contributed by atoms with Gasteiger partial charge in [-0.25, -0.2) is 0 Å². The second-order valence-corrected chi connectivity index (χ2v) is 6.70. The smallest absolute Gasteiger partial charge is 0.255 e. The number of nitrogens with one attached hydrogen (secondary N) is 1. The summed E-state index contributed by atoms with van der Waals surface area (Å²) >= 11 is 0. The second kappa shape index (κ2) is 10.2. The van der Waals surface area contributed by atoms with Gasteiger partial charge < -0.3 is 19.9 Å². The van der Waals surface area contributed by atoms with Crippen LogP contribution in [0.25, 0.3) is 0 Å². The highest BCUT2D eigenvalue weighted by atomic mass is 16.5. The van der Waals surface area contributed by atoms with Crippen LogP contribution in [0.15, 0.2) is 78.9 Å². The van der Waals surface area contributed by atoms with Crippen LogP contribution in [0.3, 0.4) is 0 Å². The van der Waals surface area contributed by atoms with Gasteiger partial charge in [-0.2, -0.15) is 0 Å². The van der Waals surface area contributed by atoms with Gasteiger partial charge in [-0.1, -0.05) is 18.2 Å². The summed E-state index contributed by atoms with van der Waals surface area (Å²) < 4.78 is 11.1. The fourth-order valence-electron chi connectivity index (χ4n) is 2.65. The molecular formula is C24H23NO5. The average Bonchev–Trinajstić information content (AvgIpc) is 2.78. The third kappa shape index (κ3) is 6.18. The lowest BCUT2D eigenvalue weighted by atomic mass is 10.1. The van der Waals surface area contributed by atoms with Crippen LogP contribution in [0.4, 0.5) is 5.69 Å². The van der Waals surface area contributed by atoms with Gasteiger partial charge in [0, 0.05) is 16.8 Å². The Balaban J connectivity index is 1.43. The minimum absolute atomic E-state index is 0.0133. The van der Waals surface area contributed by atoms with E-state index >= 15 is 0 Å². The molecule has 3 aromatic rings. The average molecular weight is 405 g/mol. The molecule has 0 saturated carbocycles. The lowest BCUT2D eigenvalue weighted by Gasteiger charge is -2.14. The van der Waals surface area contributed by atoms with Crippen molar-refractivity contribution in [3.8, 4) is 11.5 Å². The number of aliphatic hydroxyl groups excluding tert-OH is 1. The highest BCUT2D eigenvalue weighted by molar-refractivity contribution is 6.04. The van der Waals surface area contributed by atoms with Crippen molar-refractivity contribution in [3.05, 3.63) is 90.0 Å². The van der Waals surface area contributed by atoms with Crippen molar-refractivity contribution in [1.29, 1.82) is 0 Å². The van der Waals surface area contributed by atoms with Crippen LogP contribution in [0.2, 0.25) is 0 Å². The number of hydrogen-bond donors (Lipinski definition) is 2. The van der Waals surface area contributed by atoms with Gasteiger partial charge in [0.1, 0.15) is 30.8 Å². The molecule has 6 nitrogen and oxygen atoms in total. The van der Waals surface area contributed by atoms with Crippen LogP contribution in [0.5, 0.6) is 11.5 Å². The normalized spacial score (nSPS) is 11.4. The molecule has 0 fully saturated rings. The number of rotatable bonds is 9. The standard InChI is InChI=1S/C24H23NO5/c1-17(26)18-7-11-22(12-8-18)29-15-21(27)16-30-23-13-9-20(10-14-23)25-24(28)19-5-3-2-4-6-19/h2-14,21,27H,15-16H2,1H3,(H,25,28). The predicted molar refractivity (Wildman–Crippen MR) is 114 cm³/mol. The van der Waals surface area contributed by atoms with Crippen LogP contribution in [0.1, 0.15) is 27.6 Å². The predicted octanol–water partition coefficient (Wildman–Crippen LogP) is 3.96. The minimum atomic E-state index is -0.824. The summed E-state index contributed by atoms with van der Waals surface area (Å²) in [6.45, 7) is 1.62. The van der Waals surface area contributed by atoms with Crippen LogP contribution in [-0.4, -0.2) is 36.1 Å². The molecule has 1 atom stereocenters. The summed E-state index contributed by atoms with van der Waals surface area (Å²) in [7, 11) is 0. The van der Waals surface area contributed by atoms with Gasteiger partial charge in [-0.15, -0.1) is 0 Å². The van der Waals surface area contributed by atoms with Gasteiger partial charge >= 0.3 is 0 Å². The van der Waals surface area contributed by atoms with E-state index in [1.165, 1.54) is 6.92 Å². The maximum absolute atomic E-state index is 12.1. The topological polar surface area (TPSA) is 84.9 Å². The van der Waals surface area contributed by atoms with Crippen molar-refractivity contribution in [2.45, 2.75) is 13.0 Å².